The van der Waals surface area contributed by atoms with E-state index in [-0.39, 0.29) is 0 Å². The van der Waals surface area contributed by atoms with Crippen molar-refractivity contribution in [1.29, 1.82) is 0 Å². The molecule has 0 aromatic heterocycles. The molecule has 11 heavy (non-hydrogen) atoms. The molecule has 0 amide bonds. The van der Waals surface area contributed by atoms with E-state index in [2.05, 4.69) is 4.99 Å². The van der Waals surface area contributed by atoms with Crippen molar-refractivity contribution in [3.63, 3.8) is 0 Å². The minimum absolute atomic E-state index is 0.373. The van der Waals surface area contributed by atoms with Crippen LogP contribution in [0.25, 0.3) is 0 Å². The monoisotopic (exact) mass is 157 g/mol. The minimum atomic E-state index is -0.723. The molecule has 0 radical (unpaired) electrons. The van der Waals surface area contributed by atoms with Crippen LogP contribution in [-0.4, -0.2) is 24.7 Å². The normalized spacial score (nSPS) is 11.5. The standard InChI is InChI=1S/C7H11NO3/c1-3-4-11-7(10)6(2)8-5-9/h6H,3-4H2,1-2H3. The van der Waals surface area contributed by atoms with Crippen LogP contribution in [0.4, 0.5) is 0 Å². The predicted octanol–water partition coefficient (Wildman–Crippen LogP) is 0.664. The molecule has 0 aromatic carbocycles. The van der Waals surface area contributed by atoms with Crippen LogP contribution in [-0.2, 0) is 14.3 Å². The number of isocyanates is 1. The Morgan fingerprint density at radius 1 is 1.73 bits per heavy atom. The van der Waals surface area contributed by atoms with Crippen LogP contribution in [0, 0.1) is 0 Å². The van der Waals surface area contributed by atoms with Gasteiger partial charge in [-0.15, -0.1) is 0 Å². The van der Waals surface area contributed by atoms with E-state index >= 15 is 0 Å². The maximum absolute atomic E-state index is 10.8. The second-order valence-corrected chi connectivity index (χ2v) is 2.06. The molecule has 0 aromatic rings. The zero-order valence-corrected chi connectivity index (χ0v) is 6.66. The summed E-state index contributed by atoms with van der Waals surface area (Å²) in [4.78, 5) is 23.7. The fourth-order valence-electron chi connectivity index (χ4n) is 0.455. The van der Waals surface area contributed by atoms with Crippen molar-refractivity contribution in [3.8, 4) is 0 Å². The second-order valence-electron chi connectivity index (χ2n) is 2.06. The van der Waals surface area contributed by atoms with Crippen molar-refractivity contribution in [1.82, 2.24) is 0 Å². The highest BCUT2D eigenvalue weighted by molar-refractivity contribution is 5.76. The number of hydrogen-bond acceptors (Lipinski definition) is 4. The highest BCUT2D eigenvalue weighted by Crippen LogP contribution is 1.92. The van der Waals surface area contributed by atoms with E-state index in [0.29, 0.717) is 6.61 Å². The summed E-state index contributed by atoms with van der Waals surface area (Å²) in [7, 11) is 0. The minimum Gasteiger partial charge on any atom is -0.464 e. The van der Waals surface area contributed by atoms with Crippen LogP contribution in [0.5, 0.6) is 0 Å². The third-order valence-electron chi connectivity index (χ3n) is 1.04. The lowest BCUT2D eigenvalue weighted by Gasteiger charge is -2.03. The fraction of sp³-hybridized carbons (Fsp3) is 0.714. The molecule has 0 aliphatic heterocycles. The smallest absolute Gasteiger partial charge is 0.331 e. The molecular formula is C7H11NO3. The first-order chi connectivity index (χ1) is 5.22. The van der Waals surface area contributed by atoms with Gasteiger partial charge >= 0.3 is 5.97 Å². The Labute approximate surface area is 65.3 Å². The lowest BCUT2D eigenvalue weighted by Crippen LogP contribution is -2.18. The molecule has 0 aliphatic carbocycles. The molecule has 1 atom stereocenters. The van der Waals surface area contributed by atoms with Gasteiger partial charge in [0, 0.05) is 0 Å². The van der Waals surface area contributed by atoms with Crippen molar-refractivity contribution in [2.75, 3.05) is 6.61 Å². The maximum Gasteiger partial charge on any atom is 0.331 e. The first-order valence-corrected chi connectivity index (χ1v) is 3.46. The molecule has 0 heterocycles. The van der Waals surface area contributed by atoms with Gasteiger partial charge in [-0.2, -0.15) is 4.99 Å². The highest BCUT2D eigenvalue weighted by Gasteiger charge is 2.11. The van der Waals surface area contributed by atoms with Crippen molar-refractivity contribution >= 4 is 12.0 Å². The Bertz CT molecular complexity index is 173. The van der Waals surface area contributed by atoms with Crippen molar-refractivity contribution < 1.29 is 14.3 Å². The van der Waals surface area contributed by atoms with Gasteiger partial charge in [-0.3, -0.25) is 0 Å². The average molecular weight is 157 g/mol. The number of hydrogen-bond donors (Lipinski definition) is 0. The van der Waals surface area contributed by atoms with Gasteiger partial charge in [0.1, 0.15) is 0 Å². The zero-order valence-electron chi connectivity index (χ0n) is 6.66. The summed E-state index contributed by atoms with van der Waals surface area (Å²) in [5.74, 6) is -0.477. The zero-order chi connectivity index (χ0) is 8.69. The summed E-state index contributed by atoms with van der Waals surface area (Å²) in [6, 6.07) is -0.723. The van der Waals surface area contributed by atoms with E-state index in [4.69, 9.17) is 4.74 Å². The molecule has 0 bridgehead atoms. The third-order valence-corrected chi connectivity index (χ3v) is 1.04. The Hall–Kier alpha value is -1.15. The topological polar surface area (TPSA) is 55.7 Å². The van der Waals surface area contributed by atoms with Crippen molar-refractivity contribution in [3.05, 3.63) is 0 Å². The average Bonchev–Trinajstić information content (AvgIpc) is 2.00. The van der Waals surface area contributed by atoms with Gasteiger partial charge in [-0.05, 0) is 13.3 Å². The molecule has 0 saturated heterocycles. The van der Waals surface area contributed by atoms with Gasteiger partial charge < -0.3 is 4.74 Å². The predicted molar refractivity (Wildman–Crippen MR) is 38.8 cm³/mol. The quantitative estimate of drug-likeness (QED) is 0.342. The molecule has 0 spiro atoms. The third kappa shape index (κ3) is 4.28. The lowest BCUT2D eigenvalue weighted by molar-refractivity contribution is -0.144. The number of carbonyl (C=O) groups excluding carboxylic acids is 2. The van der Waals surface area contributed by atoms with Crippen LogP contribution < -0.4 is 0 Å². The van der Waals surface area contributed by atoms with Gasteiger partial charge in [0.25, 0.3) is 0 Å². The largest absolute Gasteiger partial charge is 0.464 e. The molecule has 1 unspecified atom stereocenters. The van der Waals surface area contributed by atoms with Crippen LogP contribution in [0.2, 0.25) is 0 Å². The Morgan fingerprint density at radius 3 is 2.82 bits per heavy atom. The van der Waals surface area contributed by atoms with Crippen LogP contribution >= 0.6 is 0 Å². The Kier molecular flexibility index (Phi) is 5.03. The lowest BCUT2D eigenvalue weighted by atomic mass is 10.4. The van der Waals surface area contributed by atoms with Gasteiger partial charge in [-0.1, -0.05) is 6.92 Å². The van der Waals surface area contributed by atoms with E-state index in [0.717, 1.165) is 6.42 Å². The summed E-state index contributed by atoms with van der Waals surface area (Å²) in [5, 5.41) is 0. The number of nitrogens with zero attached hydrogens (tertiary/aromatic N) is 1. The van der Waals surface area contributed by atoms with Crippen molar-refractivity contribution in [2.24, 2.45) is 4.99 Å². The number of esters is 1. The second kappa shape index (κ2) is 5.62. The molecule has 0 aliphatic rings. The first kappa shape index (κ1) is 9.85. The Morgan fingerprint density at radius 2 is 2.36 bits per heavy atom. The molecule has 4 heteroatoms. The van der Waals surface area contributed by atoms with E-state index in [1.807, 2.05) is 6.92 Å². The molecular weight excluding hydrogens is 146 g/mol. The van der Waals surface area contributed by atoms with Crippen LogP contribution in [0.1, 0.15) is 20.3 Å². The van der Waals surface area contributed by atoms with Crippen LogP contribution in [0.15, 0.2) is 4.99 Å². The van der Waals surface area contributed by atoms with E-state index in [1.54, 1.807) is 0 Å². The molecule has 0 rings (SSSR count). The summed E-state index contributed by atoms with van der Waals surface area (Å²) in [6.07, 6.45) is 2.07. The van der Waals surface area contributed by atoms with E-state index in [9.17, 15) is 9.59 Å². The van der Waals surface area contributed by atoms with Gasteiger partial charge in [0.15, 0.2) is 6.04 Å². The molecule has 4 nitrogen and oxygen atoms in total. The van der Waals surface area contributed by atoms with Gasteiger partial charge in [0.05, 0.1) is 6.61 Å². The van der Waals surface area contributed by atoms with Gasteiger partial charge in [-0.25, -0.2) is 9.59 Å². The van der Waals surface area contributed by atoms with Gasteiger partial charge in [0.2, 0.25) is 6.08 Å². The molecule has 62 valence electrons. The van der Waals surface area contributed by atoms with E-state index in [1.165, 1.54) is 13.0 Å². The number of carbonyl (C=O) groups is 1. The number of rotatable bonds is 4. The summed E-state index contributed by atoms with van der Waals surface area (Å²) < 4.78 is 4.69. The molecule has 0 N–H and O–H groups in total. The highest BCUT2D eigenvalue weighted by atomic mass is 16.5. The summed E-state index contributed by atoms with van der Waals surface area (Å²) in [5.41, 5.74) is 0. The fourth-order valence-corrected chi connectivity index (χ4v) is 0.455. The summed E-state index contributed by atoms with van der Waals surface area (Å²) >= 11 is 0. The SMILES string of the molecule is CCCOC(=O)C(C)N=C=O. The summed E-state index contributed by atoms with van der Waals surface area (Å²) in [6.45, 7) is 3.75. The molecule has 0 saturated carbocycles. The number of aliphatic imine (C=N–C) groups is 1. The van der Waals surface area contributed by atoms with Crippen LogP contribution in [0.3, 0.4) is 0 Å². The number of ether oxygens (including phenoxy) is 1. The first-order valence-electron chi connectivity index (χ1n) is 3.46. The Balaban J connectivity index is 3.73. The molecule has 0 fully saturated rings. The van der Waals surface area contributed by atoms with E-state index < -0.39 is 12.0 Å². The van der Waals surface area contributed by atoms with Crippen molar-refractivity contribution in [2.45, 2.75) is 26.3 Å². The maximum atomic E-state index is 10.8.